The van der Waals surface area contributed by atoms with Crippen LogP contribution in [0.2, 0.25) is 0 Å². The first-order valence-corrected chi connectivity index (χ1v) is 8.71. The van der Waals surface area contributed by atoms with E-state index in [9.17, 15) is 4.79 Å². The summed E-state index contributed by atoms with van der Waals surface area (Å²) in [5.41, 5.74) is 4.35. The fraction of sp³-hybridized carbons (Fsp3) is 0.368. The number of hydrogen-bond donors (Lipinski definition) is 2. The molecule has 0 radical (unpaired) electrons. The number of carbonyl (C=O) groups excluding carboxylic acids is 1. The summed E-state index contributed by atoms with van der Waals surface area (Å²) in [5.74, 6) is 0.180. The van der Waals surface area contributed by atoms with E-state index >= 15 is 0 Å². The minimum Gasteiger partial charge on any atom is -0.361 e. The van der Waals surface area contributed by atoms with Gasteiger partial charge in [0.1, 0.15) is 0 Å². The van der Waals surface area contributed by atoms with Gasteiger partial charge in [0.25, 0.3) is 5.91 Å². The molecule has 2 aromatic heterocycles. The van der Waals surface area contributed by atoms with E-state index in [1.165, 1.54) is 11.3 Å². The van der Waals surface area contributed by atoms with Crippen molar-refractivity contribution in [1.29, 1.82) is 0 Å². The van der Waals surface area contributed by atoms with Gasteiger partial charge in [-0.3, -0.25) is 9.89 Å². The van der Waals surface area contributed by atoms with Gasteiger partial charge in [0.2, 0.25) is 0 Å². The summed E-state index contributed by atoms with van der Waals surface area (Å²) in [7, 11) is 0. The molecular formula is C19H20N4O. The summed E-state index contributed by atoms with van der Waals surface area (Å²) in [4.78, 5) is 18.7. The molecule has 0 saturated heterocycles. The van der Waals surface area contributed by atoms with Crippen LogP contribution in [0.5, 0.6) is 0 Å². The molecule has 2 heterocycles. The van der Waals surface area contributed by atoms with Crippen LogP contribution < -0.4 is 0 Å². The maximum atomic E-state index is 13.4. The van der Waals surface area contributed by atoms with Crippen molar-refractivity contribution < 1.29 is 4.79 Å². The summed E-state index contributed by atoms with van der Waals surface area (Å²) in [5, 5.41) is 8.27. The van der Waals surface area contributed by atoms with E-state index in [4.69, 9.17) is 0 Å². The van der Waals surface area contributed by atoms with E-state index in [1.54, 1.807) is 0 Å². The minimum absolute atomic E-state index is 0.180. The molecule has 2 aliphatic carbocycles. The van der Waals surface area contributed by atoms with Crippen LogP contribution in [-0.4, -0.2) is 38.1 Å². The number of rotatable bonds is 3. The monoisotopic (exact) mass is 320 g/mol. The lowest BCUT2D eigenvalue weighted by molar-refractivity contribution is 0.0645. The van der Waals surface area contributed by atoms with Gasteiger partial charge in [-0.1, -0.05) is 6.07 Å². The van der Waals surface area contributed by atoms with Crippen LogP contribution in [0.3, 0.4) is 0 Å². The summed E-state index contributed by atoms with van der Waals surface area (Å²) < 4.78 is 0. The lowest BCUT2D eigenvalue weighted by Gasteiger charge is -2.34. The number of H-pyrrole nitrogens is 2. The Morgan fingerprint density at radius 2 is 2.08 bits per heavy atom. The second-order valence-corrected chi connectivity index (χ2v) is 6.96. The zero-order chi connectivity index (χ0) is 16.1. The van der Waals surface area contributed by atoms with Crippen LogP contribution in [0.25, 0.3) is 10.9 Å². The van der Waals surface area contributed by atoms with Crippen molar-refractivity contribution in [3.8, 4) is 0 Å². The van der Waals surface area contributed by atoms with Crippen LogP contribution >= 0.6 is 0 Å². The van der Waals surface area contributed by atoms with Gasteiger partial charge in [-0.15, -0.1) is 0 Å². The average molecular weight is 320 g/mol. The van der Waals surface area contributed by atoms with Gasteiger partial charge in [0.15, 0.2) is 0 Å². The average Bonchev–Trinajstić information content (AvgIpc) is 3.12. The number of aromatic amines is 2. The minimum atomic E-state index is 0.180. The van der Waals surface area contributed by atoms with E-state index in [0.717, 1.165) is 48.6 Å². The first kappa shape index (κ1) is 13.8. The first-order valence-electron chi connectivity index (χ1n) is 8.71. The Balaban J connectivity index is 1.50. The number of amides is 1. The van der Waals surface area contributed by atoms with Crippen molar-refractivity contribution in [3.05, 3.63) is 53.5 Å². The molecule has 2 aliphatic rings. The summed E-state index contributed by atoms with van der Waals surface area (Å²) in [6, 6.07) is 8.63. The molecule has 24 heavy (non-hydrogen) atoms. The van der Waals surface area contributed by atoms with Gasteiger partial charge in [-0.2, -0.15) is 5.10 Å². The molecule has 5 nitrogen and oxygen atoms in total. The Morgan fingerprint density at radius 1 is 1.17 bits per heavy atom. The largest absolute Gasteiger partial charge is 0.361 e. The fourth-order valence-corrected chi connectivity index (χ4v) is 4.03. The molecule has 2 N–H and O–H groups in total. The van der Waals surface area contributed by atoms with Crippen molar-refractivity contribution >= 4 is 16.8 Å². The Labute approximate surface area is 140 Å². The molecule has 0 bridgehead atoms. The molecule has 0 spiro atoms. The second kappa shape index (κ2) is 5.23. The van der Waals surface area contributed by atoms with Crippen LogP contribution in [0.4, 0.5) is 0 Å². The molecular weight excluding hydrogens is 300 g/mol. The van der Waals surface area contributed by atoms with Crippen molar-refractivity contribution in [2.24, 2.45) is 0 Å². The quantitative estimate of drug-likeness (QED) is 0.779. The van der Waals surface area contributed by atoms with Crippen LogP contribution in [-0.2, 0) is 12.8 Å². The molecule has 1 unspecified atom stereocenters. The van der Waals surface area contributed by atoms with Crippen molar-refractivity contribution in [2.45, 2.75) is 44.2 Å². The lowest BCUT2D eigenvalue weighted by Crippen LogP contribution is -2.44. The van der Waals surface area contributed by atoms with Crippen LogP contribution in [0.1, 0.15) is 40.9 Å². The maximum absolute atomic E-state index is 13.4. The van der Waals surface area contributed by atoms with E-state index < -0.39 is 0 Å². The standard InChI is InChI=1S/C19H20N4O/c24-19(16-2-1-3-18-15(16)8-9-20-18)23(13-4-5-13)14-6-7-17-12(10-14)11-21-22-17/h1-3,8-9,11,13-14,20H,4-7,10H2,(H,21,22). The highest BCUT2D eigenvalue weighted by Gasteiger charge is 2.39. The topological polar surface area (TPSA) is 64.8 Å². The van der Waals surface area contributed by atoms with Gasteiger partial charge in [0.05, 0.1) is 6.20 Å². The molecule has 1 aromatic carbocycles. The van der Waals surface area contributed by atoms with Crippen LogP contribution in [0, 0.1) is 0 Å². The Kier molecular flexibility index (Phi) is 3.01. The van der Waals surface area contributed by atoms with E-state index in [0.29, 0.717) is 6.04 Å². The van der Waals surface area contributed by atoms with E-state index in [1.807, 2.05) is 36.7 Å². The Hall–Kier alpha value is -2.56. The summed E-state index contributed by atoms with van der Waals surface area (Å²) in [6.45, 7) is 0. The van der Waals surface area contributed by atoms with E-state index in [2.05, 4.69) is 20.1 Å². The second-order valence-electron chi connectivity index (χ2n) is 6.96. The highest BCUT2D eigenvalue weighted by Crippen LogP contribution is 2.35. The van der Waals surface area contributed by atoms with E-state index in [-0.39, 0.29) is 11.9 Å². The molecule has 1 atom stereocenters. The van der Waals surface area contributed by atoms with Crippen molar-refractivity contribution in [3.63, 3.8) is 0 Å². The molecule has 122 valence electrons. The van der Waals surface area contributed by atoms with Gasteiger partial charge < -0.3 is 9.88 Å². The number of benzene rings is 1. The predicted molar refractivity (Wildman–Crippen MR) is 91.9 cm³/mol. The summed E-state index contributed by atoms with van der Waals surface area (Å²) in [6.07, 6.45) is 8.99. The molecule has 1 amide bonds. The van der Waals surface area contributed by atoms with Crippen LogP contribution in [0.15, 0.2) is 36.7 Å². The molecule has 1 fully saturated rings. The molecule has 5 heteroatoms. The lowest BCUT2D eigenvalue weighted by atomic mass is 9.91. The van der Waals surface area contributed by atoms with Gasteiger partial charge in [-0.25, -0.2) is 0 Å². The smallest absolute Gasteiger partial charge is 0.255 e. The van der Waals surface area contributed by atoms with Gasteiger partial charge >= 0.3 is 0 Å². The normalized spacial score (nSPS) is 20.1. The van der Waals surface area contributed by atoms with Crippen molar-refractivity contribution in [1.82, 2.24) is 20.1 Å². The number of hydrogen-bond acceptors (Lipinski definition) is 2. The SMILES string of the molecule is O=C(c1cccc2[nH]ccc12)N(C1CC1)C1CCc2[nH]ncc2C1. The molecule has 1 saturated carbocycles. The number of aromatic nitrogens is 3. The third kappa shape index (κ3) is 2.15. The zero-order valence-corrected chi connectivity index (χ0v) is 13.5. The van der Waals surface area contributed by atoms with Gasteiger partial charge in [0, 0.05) is 40.4 Å². The Morgan fingerprint density at radius 3 is 2.96 bits per heavy atom. The third-order valence-corrected chi connectivity index (χ3v) is 5.38. The third-order valence-electron chi connectivity index (χ3n) is 5.38. The number of nitrogens with one attached hydrogen (secondary N) is 2. The highest BCUT2D eigenvalue weighted by atomic mass is 16.2. The molecule has 0 aliphatic heterocycles. The first-order chi connectivity index (χ1) is 11.8. The van der Waals surface area contributed by atoms with Crippen molar-refractivity contribution in [2.75, 3.05) is 0 Å². The number of fused-ring (bicyclic) bond motifs is 2. The Bertz CT molecular complexity index is 905. The summed E-state index contributed by atoms with van der Waals surface area (Å²) >= 11 is 0. The number of carbonyl (C=O) groups is 1. The fourth-order valence-electron chi connectivity index (χ4n) is 4.03. The predicted octanol–water partition coefficient (Wildman–Crippen LogP) is 3.05. The maximum Gasteiger partial charge on any atom is 0.255 e. The zero-order valence-electron chi connectivity index (χ0n) is 13.5. The number of aryl methyl sites for hydroxylation is 1. The molecule has 3 aromatic rings. The van der Waals surface area contributed by atoms with Gasteiger partial charge in [-0.05, 0) is 55.9 Å². The molecule has 5 rings (SSSR count). The highest BCUT2D eigenvalue weighted by molar-refractivity contribution is 6.06. The number of nitrogens with zero attached hydrogens (tertiary/aromatic N) is 2.